The summed E-state index contributed by atoms with van der Waals surface area (Å²) < 4.78 is 0. The summed E-state index contributed by atoms with van der Waals surface area (Å²) in [6.45, 7) is 7.09. The molecule has 0 aromatic heterocycles. The number of likely N-dealkylation sites (tertiary alicyclic amines) is 1. The van der Waals surface area contributed by atoms with Crippen molar-refractivity contribution in [2.24, 2.45) is 5.41 Å². The van der Waals surface area contributed by atoms with Crippen molar-refractivity contribution in [1.82, 2.24) is 4.90 Å². The lowest BCUT2D eigenvalue weighted by Crippen LogP contribution is -2.26. The lowest BCUT2D eigenvalue weighted by atomic mass is 9.93. The smallest absolute Gasteiger partial charge is 0.119 e. The molecule has 1 aliphatic carbocycles. The summed E-state index contributed by atoms with van der Waals surface area (Å²) in [4.78, 5) is 2.60. The number of nitrogens with zero attached hydrogens (tertiary/aromatic N) is 1. The molecule has 92 valence electrons. The average Bonchev–Trinajstić information content (AvgIpc) is 2.82. The molecule has 1 saturated heterocycles. The Bertz CT molecular complexity index is 439. The van der Waals surface area contributed by atoms with Crippen LogP contribution in [0, 0.1) is 5.41 Å². The second kappa shape index (κ2) is 3.74. The van der Waals surface area contributed by atoms with E-state index < -0.39 is 0 Å². The summed E-state index contributed by atoms with van der Waals surface area (Å²) in [7, 11) is 0. The highest BCUT2D eigenvalue weighted by atomic mass is 16.3. The zero-order valence-corrected chi connectivity index (χ0v) is 10.7. The molecule has 1 atom stereocenters. The first-order valence-electron chi connectivity index (χ1n) is 6.62. The number of fused-ring (bicyclic) bond motifs is 1. The highest BCUT2D eigenvalue weighted by Gasteiger charge is 2.36. The van der Waals surface area contributed by atoms with Gasteiger partial charge in [-0.3, -0.25) is 4.90 Å². The van der Waals surface area contributed by atoms with Crippen molar-refractivity contribution in [2.45, 2.75) is 39.2 Å². The fourth-order valence-electron chi connectivity index (χ4n) is 3.41. The molecule has 2 nitrogen and oxygen atoms in total. The van der Waals surface area contributed by atoms with Crippen molar-refractivity contribution in [1.29, 1.82) is 0 Å². The largest absolute Gasteiger partial charge is 0.508 e. The third-order valence-electron chi connectivity index (χ3n) is 4.36. The van der Waals surface area contributed by atoms with Gasteiger partial charge in [-0.2, -0.15) is 0 Å². The maximum Gasteiger partial charge on any atom is 0.119 e. The molecule has 2 aliphatic rings. The van der Waals surface area contributed by atoms with Crippen molar-refractivity contribution in [3.8, 4) is 5.75 Å². The van der Waals surface area contributed by atoms with Crippen LogP contribution in [-0.2, 0) is 6.42 Å². The molecule has 17 heavy (non-hydrogen) atoms. The lowest BCUT2D eigenvalue weighted by Gasteiger charge is -2.26. The van der Waals surface area contributed by atoms with E-state index in [2.05, 4.69) is 24.8 Å². The van der Waals surface area contributed by atoms with Gasteiger partial charge in [0.05, 0.1) is 0 Å². The summed E-state index contributed by atoms with van der Waals surface area (Å²) in [5, 5.41) is 9.88. The summed E-state index contributed by atoms with van der Waals surface area (Å²) in [6.07, 6.45) is 3.49. The Kier molecular flexibility index (Phi) is 2.44. The number of rotatable bonds is 1. The lowest BCUT2D eigenvalue weighted by molar-refractivity contribution is 0.218. The van der Waals surface area contributed by atoms with Crippen molar-refractivity contribution < 1.29 is 5.11 Å². The van der Waals surface area contributed by atoms with Gasteiger partial charge >= 0.3 is 0 Å². The second-order valence-corrected chi connectivity index (χ2v) is 6.28. The van der Waals surface area contributed by atoms with Crippen molar-refractivity contribution in [3.63, 3.8) is 0 Å². The van der Waals surface area contributed by atoms with Gasteiger partial charge in [-0.15, -0.1) is 0 Å². The molecule has 1 N–H and O–H groups in total. The number of aromatic hydroxyl groups is 1. The van der Waals surface area contributed by atoms with Gasteiger partial charge in [0, 0.05) is 12.6 Å². The third-order valence-corrected chi connectivity index (χ3v) is 4.36. The minimum atomic E-state index is 0.458. The van der Waals surface area contributed by atoms with Gasteiger partial charge in [0.2, 0.25) is 0 Å². The van der Waals surface area contributed by atoms with Gasteiger partial charge in [0.25, 0.3) is 0 Å². The first-order chi connectivity index (χ1) is 8.07. The normalized spacial score (nSPS) is 27.3. The number of benzene rings is 1. The maximum atomic E-state index is 9.88. The van der Waals surface area contributed by atoms with Gasteiger partial charge in [-0.1, -0.05) is 26.0 Å². The van der Waals surface area contributed by atoms with Crippen LogP contribution >= 0.6 is 0 Å². The van der Waals surface area contributed by atoms with E-state index in [1.54, 1.807) is 0 Å². The predicted octanol–water partition coefficient (Wildman–Crippen LogP) is 3.11. The molecular weight excluding hydrogens is 210 g/mol. The van der Waals surface area contributed by atoms with Gasteiger partial charge < -0.3 is 5.11 Å². The highest BCUT2D eigenvalue weighted by Crippen LogP contribution is 2.43. The topological polar surface area (TPSA) is 23.5 Å². The number of hydrogen-bond donors (Lipinski definition) is 1. The third kappa shape index (κ3) is 1.85. The minimum absolute atomic E-state index is 0.458. The number of phenols is 1. The Morgan fingerprint density at radius 1 is 1.35 bits per heavy atom. The Hall–Kier alpha value is -1.02. The molecule has 1 aromatic carbocycles. The molecule has 0 radical (unpaired) electrons. The molecule has 1 aromatic rings. The maximum absolute atomic E-state index is 9.88. The molecule has 3 rings (SSSR count). The zero-order valence-electron chi connectivity index (χ0n) is 10.7. The van der Waals surface area contributed by atoms with Gasteiger partial charge in [0.15, 0.2) is 0 Å². The fraction of sp³-hybridized carbons (Fsp3) is 0.600. The monoisotopic (exact) mass is 231 g/mol. The quantitative estimate of drug-likeness (QED) is 0.802. The van der Waals surface area contributed by atoms with Crippen LogP contribution in [0.4, 0.5) is 0 Å². The van der Waals surface area contributed by atoms with E-state index in [0.29, 0.717) is 17.2 Å². The Morgan fingerprint density at radius 3 is 2.88 bits per heavy atom. The Morgan fingerprint density at radius 2 is 2.18 bits per heavy atom. The number of phenolic OH excluding ortho intramolecular Hbond substituents is 1. The Balaban J connectivity index is 1.87. The van der Waals surface area contributed by atoms with Crippen LogP contribution in [0.1, 0.15) is 43.9 Å². The van der Waals surface area contributed by atoms with Gasteiger partial charge in [-0.25, -0.2) is 0 Å². The second-order valence-electron chi connectivity index (χ2n) is 6.28. The first-order valence-corrected chi connectivity index (χ1v) is 6.62. The SMILES string of the molecule is CC1(C)CCN(C2CCc3c(O)cccc32)C1. The standard InChI is InChI=1S/C15H21NO/c1-15(2)8-9-16(10-15)13-7-6-12-11(13)4-3-5-14(12)17/h3-5,13,17H,6-10H2,1-2H3. The van der Waals surface area contributed by atoms with Crippen LogP contribution in [0.25, 0.3) is 0 Å². The molecule has 0 spiro atoms. The van der Waals surface area contributed by atoms with Gasteiger partial charge in [-0.05, 0) is 48.4 Å². The summed E-state index contributed by atoms with van der Waals surface area (Å²) in [5.74, 6) is 0.489. The van der Waals surface area contributed by atoms with E-state index in [1.807, 2.05) is 12.1 Å². The van der Waals surface area contributed by atoms with Crippen molar-refractivity contribution in [2.75, 3.05) is 13.1 Å². The average molecular weight is 231 g/mol. The number of hydrogen-bond acceptors (Lipinski definition) is 2. The minimum Gasteiger partial charge on any atom is -0.508 e. The molecule has 1 heterocycles. The van der Waals surface area contributed by atoms with E-state index in [1.165, 1.54) is 37.1 Å². The van der Waals surface area contributed by atoms with Crippen LogP contribution in [0.3, 0.4) is 0 Å². The van der Waals surface area contributed by atoms with E-state index in [-0.39, 0.29) is 0 Å². The molecule has 1 unspecified atom stereocenters. The van der Waals surface area contributed by atoms with Crippen LogP contribution in [0.2, 0.25) is 0 Å². The van der Waals surface area contributed by atoms with Crippen LogP contribution < -0.4 is 0 Å². The molecular formula is C15H21NO. The van der Waals surface area contributed by atoms with Crippen LogP contribution in [0.15, 0.2) is 18.2 Å². The molecule has 2 heteroatoms. The summed E-state index contributed by atoms with van der Waals surface area (Å²) in [5.41, 5.74) is 3.00. The van der Waals surface area contributed by atoms with E-state index >= 15 is 0 Å². The van der Waals surface area contributed by atoms with Crippen LogP contribution in [0.5, 0.6) is 5.75 Å². The molecule has 0 saturated carbocycles. The zero-order chi connectivity index (χ0) is 12.0. The molecule has 0 bridgehead atoms. The van der Waals surface area contributed by atoms with E-state index in [4.69, 9.17) is 0 Å². The highest BCUT2D eigenvalue weighted by molar-refractivity contribution is 5.44. The van der Waals surface area contributed by atoms with Gasteiger partial charge in [0.1, 0.15) is 5.75 Å². The van der Waals surface area contributed by atoms with Crippen molar-refractivity contribution >= 4 is 0 Å². The van der Waals surface area contributed by atoms with E-state index in [9.17, 15) is 5.11 Å². The fourth-order valence-corrected chi connectivity index (χ4v) is 3.41. The predicted molar refractivity (Wildman–Crippen MR) is 69.1 cm³/mol. The van der Waals surface area contributed by atoms with Crippen molar-refractivity contribution in [3.05, 3.63) is 29.3 Å². The van der Waals surface area contributed by atoms with E-state index in [0.717, 1.165) is 6.42 Å². The Labute approximate surface area is 103 Å². The molecule has 0 amide bonds. The molecule has 1 fully saturated rings. The summed E-state index contributed by atoms with van der Waals surface area (Å²) >= 11 is 0. The summed E-state index contributed by atoms with van der Waals surface area (Å²) in [6, 6.07) is 6.53. The van der Waals surface area contributed by atoms with Crippen LogP contribution in [-0.4, -0.2) is 23.1 Å². The first kappa shape index (κ1) is 11.1. The molecule has 1 aliphatic heterocycles.